The van der Waals surface area contributed by atoms with Crippen LogP contribution >= 0.6 is 11.3 Å². The molecule has 0 radical (unpaired) electrons. The second kappa shape index (κ2) is 6.49. The minimum Gasteiger partial charge on any atom is -0.375 e. The molecule has 23 heavy (non-hydrogen) atoms. The molecule has 0 spiro atoms. The van der Waals surface area contributed by atoms with E-state index in [-0.39, 0.29) is 6.10 Å². The van der Waals surface area contributed by atoms with Crippen molar-refractivity contribution in [3.63, 3.8) is 0 Å². The lowest BCUT2D eigenvalue weighted by molar-refractivity contribution is -0.131. The molecule has 5 nitrogen and oxygen atoms in total. The fourth-order valence-corrected chi connectivity index (χ4v) is 4.32. The van der Waals surface area contributed by atoms with E-state index in [2.05, 4.69) is 22.2 Å². The van der Waals surface area contributed by atoms with Crippen molar-refractivity contribution in [2.24, 2.45) is 11.8 Å². The monoisotopic (exact) mass is 335 g/mol. The highest BCUT2D eigenvalue weighted by atomic mass is 32.1. The summed E-state index contributed by atoms with van der Waals surface area (Å²) in [5.41, 5.74) is 1.16. The molecular formula is C17H25N3O2S. The van der Waals surface area contributed by atoms with Gasteiger partial charge in [-0.1, -0.05) is 0 Å². The molecule has 1 aliphatic carbocycles. The van der Waals surface area contributed by atoms with Crippen molar-refractivity contribution in [1.82, 2.24) is 14.8 Å². The Morgan fingerprint density at radius 2 is 2.26 bits per heavy atom. The lowest BCUT2D eigenvalue weighted by Crippen LogP contribution is -2.33. The first kappa shape index (κ1) is 15.5. The van der Waals surface area contributed by atoms with Crippen LogP contribution < -0.4 is 0 Å². The van der Waals surface area contributed by atoms with Crippen LogP contribution in [0, 0.1) is 18.8 Å². The number of amides is 1. The zero-order chi connectivity index (χ0) is 15.8. The van der Waals surface area contributed by atoms with E-state index in [0.717, 1.165) is 56.5 Å². The lowest BCUT2D eigenvalue weighted by atomic mass is 10.1. The molecule has 2 saturated heterocycles. The number of fused-ring (bicyclic) bond motifs is 1. The number of carbonyl (C=O) groups is 1. The van der Waals surface area contributed by atoms with Crippen LogP contribution in [-0.4, -0.2) is 59.6 Å². The highest BCUT2D eigenvalue weighted by Crippen LogP contribution is 2.34. The van der Waals surface area contributed by atoms with Gasteiger partial charge in [0.2, 0.25) is 5.91 Å². The summed E-state index contributed by atoms with van der Waals surface area (Å²) in [6.45, 7) is 7.33. The molecule has 2 atom stereocenters. The summed E-state index contributed by atoms with van der Waals surface area (Å²) in [6.07, 6.45) is 3.45. The molecule has 0 aromatic carbocycles. The number of ether oxygens (including phenoxy) is 1. The minimum absolute atomic E-state index is 0.223. The SMILES string of the molecule is Cc1nc(CN2CCO[C@@H]3CN(C(=O)CC4CC4)C[C@@H]3C2)cs1. The van der Waals surface area contributed by atoms with Gasteiger partial charge in [0.15, 0.2) is 0 Å². The molecule has 6 heteroatoms. The van der Waals surface area contributed by atoms with Gasteiger partial charge in [0.25, 0.3) is 0 Å². The van der Waals surface area contributed by atoms with Crippen LogP contribution in [0.5, 0.6) is 0 Å². The Labute approximate surface area is 141 Å². The van der Waals surface area contributed by atoms with Crippen LogP contribution in [-0.2, 0) is 16.1 Å². The van der Waals surface area contributed by atoms with E-state index in [0.29, 0.717) is 17.7 Å². The lowest BCUT2D eigenvalue weighted by Gasteiger charge is -2.22. The summed E-state index contributed by atoms with van der Waals surface area (Å²) in [7, 11) is 0. The first-order valence-corrected chi connectivity index (χ1v) is 9.58. The van der Waals surface area contributed by atoms with E-state index in [1.807, 2.05) is 4.90 Å². The van der Waals surface area contributed by atoms with E-state index in [1.165, 1.54) is 12.8 Å². The maximum Gasteiger partial charge on any atom is 0.222 e. The van der Waals surface area contributed by atoms with Crippen molar-refractivity contribution in [1.29, 1.82) is 0 Å². The highest BCUT2D eigenvalue weighted by Gasteiger charge is 2.39. The third-order valence-corrected chi connectivity index (χ3v) is 6.00. The van der Waals surface area contributed by atoms with Gasteiger partial charge in [-0.25, -0.2) is 4.98 Å². The van der Waals surface area contributed by atoms with Gasteiger partial charge in [0.1, 0.15) is 0 Å². The van der Waals surface area contributed by atoms with Crippen molar-refractivity contribution < 1.29 is 9.53 Å². The molecule has 3 fully saturated rings. The van der Waals surface area contributed by atoms with Crippen LogP contribution in [0.25, 0.3) is 0 Å². The molecule has 0 bridgehead atoms. The minimum atomic E-state index is 0.223. The fraction of sp³-hybridized carbons (Fsp3) is 0.765. The number of likely N-dealkylation sites (tertiary alicyclic amines) is 1. The summed E-state index contributed by atoms with van der Waals surface area (Å²) in [4.78, 5) is 21.4. The number of hydrogen-bond donors (Lipinski definition) is 0. The number of rotatable bonds is 4. The summed E-state index contributed by atoms with van der Waals surface area (Å²) in [5, 5.41) is 3.28. The molecule has 3 heterocycles. The summed E-state index contributed by atoms with van der Waals surface area (Å²) >= 11 is 1.71. The van der Waals surface area contributed by atoms with Crippen LogP contribution in [0.2, 0.25) is 0 Å². The largest absolute Gasteiger partial charge is 0.375 e. The van der Waals surface area contributed by atoms with Gasteiger partial charge in [-0.05, 0) is 25.7 Å². The summed E-state index contributed by atoms with van der Waals surface area (Å²) in [6, 6.07) is 0. The standard InChI is InChI=1S/C17H25N3O2S/c1-12-18-15(11-23-12)9-19-4-5-22-16-10-20(8-14(16)7-19)17(21)6-13-2-3-13/h11,13-14,16H,2-10H2,1H3/t14-,16+/m0/s1. The van der Waals surface area contributed by atoms with Gasteiger partial charge in [-0.3, -0.25) is 9.69 Å². The van der Waals surface area contributed by atoms with Crippen molar-refractivity contribution >= 4 is 17.2 Å². The Morgan fingerprint density at radius 3 is 3.00 bits per heavy atom. The molecule has 1 saturated carbocycles. The van der Waals surface area contributed by atoms with Crippen LogP contribution in [0.1, 0.15) is 30.0 Å². The van der Waals surface area contributed by atoms with Crippen molar-refractivity contribution in [3.05, 3.63) is 16.1 Å². The van der Waals surface area contributed by atoms with Gasteiger partial charge in [0.05, 0.1) is 23.4 Å². The number of hydrogen-bond acceptors (Lipinski definition) is 5. The molecular weight excluding hydrogens is 310 g/mol. The van der Waals surface area contributed by atoms with Gasteiger partial charge >= 0.3 is 0 Å². The smallest absolute Gasteiger partial charge is 0.222 e. The van der Waals surface area contributed by atoms with E-state index >= 15 is 0 Å². The number of carbonyl (C=O) groups excluding carboxylic acids is 1. The predicted octanol–water partition coefficient (Wildman–Crippen LogP) is 1.91. The first-order chi connectivity index (χ1) is 11.2. The second-order valence-electron chi connectivity index (χ2n) is 7.21. The van der Waals surface area contributed by atoms with Gasteiger partial charge in [0, 0.05) is 50.4 Å². The number of thiazole rings is 1. The summed E-state index contributed by atoms with van der Waals surface area (Å²) in [5.74, 6) is 1.45. The first-order valence-electron chi connectivity index (χ1n) is 8.70. The average Bonchev–Trinajstić information content (AvgIpc) is 3.16. The maximum atomic E-state index is 12.3. The molecule has 1 aromatic rings. The Morgan fingerprint density at radius 1 is 1.39 bits per heavy atom. The normalized spacial score (nSPS) is 28.7. The fourth-order valence-electron chi connectivity index (χ4n) is 3.72. The zero-order valence-corrected chi connectivity index (χ0v) is 14.6. The Hall–Kier alpha value is -0.980. The van der Waals surface area contributed by atoms with E-state index < -0.39 is 0 Å². The molecule has 126 valence electrons. The van der Waals surface area contributed by atoms with Crippen molar-refractivity contribution in [2.45, 2.75) is 38.8 Å². The van der Waals surface area contributed by atoms with E-state index in [1.54, 1.807) is 11.3 Å². The molecule has 0 N–H and O–H groups in total. The molecule has 2 aliphatic heterocycles. The van der Waals surface area contributed by atoms with E-state index in [9.17, 15) is 4.79 Å². The maximum absolute atomic E-state index is 12.3. The zero-order valence-electron chi connectivity index (χ0n) is 13.7. The average molecular weight is 335 g/mol. The third-order valence-electron chi connectivity index (χ3n) is 5.18. The van der Waals surface area contributed by atoms with Crippen LogP contribution in [0.4, 0.5) is 0 Å². The number of aryl methyl sites for hydroxylation is 1. The van der Waals surface area contributed by atoms with E-state index in [4.69, 9.17) is 4.74 Å². The number of aromatic nitrogens is 1. The van der Waals surface area contributed by atoms with Gasteiger partial charge in [-0.15, -0.1) is 11.3 Å². The molecule has 4 rings (SSSR count). The Balaban J connectivity index is 1.35. The van der Waals surface area contributed by atoms with Crippen molar-refractivity contribution in [2.75, 3.05) is 32.8 Å². The molecule has 1 aromatic heterocycles. The van der Waals surface area contributed by atoms with Crippen molar-refractivity contribution in [3.8, 4) is 0 Å². The van der Waals surface area contributed by atoms with Crippen LogP contribution in [0.3, 0.4) is 0 Å². The molecule has 3 aliphatic rings. The Bertz CT molecular complexity index is 572. The molecule has 1 amide bonds. The van der Waals surface area contributed by atoms with Crippen LogP contribution in [0.15, 0.2) is 5.38 Å². The highest BCUT2D eigenvalue weighted by molar-refractivity contribution is 7.09. The third kappa shape index (κ3) is 3.75. The molecule has 0 unspecified atom stereocenters. The Kier molecular flexibility index (Phi) is 4.39. The number of nitrogens with zero attached hydrogens (tertiary/aromatic N) is 3. The summed E-state index contributed by atoms with van der Waals surface area (Å²) < 4.78 is 6.05. The topological polar surface area (TPSA) is 45.7 Å². The van der Waals surface area contributed by atoms with Gasteiger partial charge < -0.3 is 9.64 Å². The second-order valence-corrected chi connectivity index (χ2v) is 8.27. The quantitative estimate of drug-likeness (QED) is 0.843. The predicted molar refractivity (Wildman–Crippen MR) is 89.3 cm³/mol. The van der Waals surface area contributed by atoms with Gasteiger partial charge in [-0.2, -0.15) is 0 Å².